The second kappa shape index (κ2) is 9.64. The Morgan fingerprint density at radius 1 is 1.15 bits per heavy atom. The van der Waals surface area contributed by atoms with Crippen LogP contribution in [0.4, 0.5) is 0 Å². The zero-order valence-corrected chi connectivity index (χ0v) is 13.4. The van der Waals surface area contributed by atoms with E-state index in [1.54, 1.807) is 0 Å². The first-order valence-electron chi connectivity index (χ1n) is 7.24. The molecule has 0 spiro atoms. The Bertz CT molecular complexity index is 369. The molecule has 1 fully saturated rings. The number of hydrogen-bond donors (Lipinski definition) is 1. The van der Waals surface area contributed by atoms with Crippen molar-refractivity contribution in [2.45, 2.75) is 11.3 Å². The molecule has 20 heavy (non-hydrogen) atoms. The normalized spacial score (nSPS) is 16.4. The lowest BCUT2D eigenvalue weighted by Gasteiger charge is -2.26. The van der Waals surface area contributed by atoms with Crippen molar-refractivity contribution >= 4 is 23.4 Å². The number of nitrogens with zero attached hydrogens (tertiary/aromatic N) is 1. The van der Waals surface area contributed by atoms with Crippen LogP contribution >= 0.6 is 23.4 Å². The van der Waals surface area contributed by atoms with Crippen LogP contribution in [0.25, 0.3) is 0 Å². The van der Waals surface area contributed by atoms with Gasteiger partial charge >= 0.3 is 0 Å². The summed E-state index contributed by atoms with van der Waals surface area (Å²) in [6.07, 6.45) is 1.19. The van der Waals surface area contributed by atoms with E-state index in [0.29, 0.717) is 0 Å². The van der Waals surface area contributed by atoms with E-state index in [-0.39, 0.29) is 0 Å². The van der Waals surface area contributed by atoms with Crippen molar-refractivity contribution in [3.05, 3.63) is 29.3 Å². The zero-order chi connectivity index (χ0) is 14.0. The number of nitrogens with one attached hydrogen (secondary N) is 1. The third-order valence-corrected chi connectivity index (χ3v) is 4.64. The third kappa shape index (κ3) is 6.46. The maximum absolute atomic E-state index is 5.86. The smallest absolute Gasteiger partial charge is 0.0594 e. The van der Waals surface area contributed by atoms with Gasteiger partial charge in [0.2, 0.25) is 0 Å². The summed E-state index contributed by atoms with van der Waals surface area (Å²) in [5.41, 5.74) is 0. The Morgan fingerprint density at radius 2 is 1.90 bits per heavy atom. The summed E-state index contributed by atoms with van der Waals surface area (Å²) in [5, 5.41) is 4.32. The lowest BCUT2D eigenvalue weighted by atomic mass is 10.4. The lowest BCUT2D eigenvalue weighted by molar-refractivity contribution is 0.0384. The van der Waals surface area contributed by atoms with Crippen molar-refractivity contribution in [3.8, 4) is 0 Å². The van der Waals surface area contributed by atoms with E-state index in [1.165, 1.54) is 11.3 Å². The molecule has 112 valence electrons. The maximum atomic E-state index is 5.86. The number of morpholine rings is 1. The molecule has 1 heterocycles. The minimum Gasteiger partial charge on any atom is -0.379 e. The first kappa shape index (κ1) is 16.1. The van der Waals surface area contributed by atoms with Gasteiger partial charge < -0.3 is 10.1 Å². The third-order valence-electron chi connectivity index (χ3n) is 3.29. The fraction of sp³-hybridized carbons (Fsp3) is 0.600. The number of benzene rings is 1. The van der Waals surface area contributed by atoms with E-state index in [2.05, 4.69) is 22.3 Å². The van der Waals surface area contributed by atoms with E-state index in [9.17, 15) is 0 Å². The first-order valence-corrected chi connectivity index (χ1v) is 8.60. The quantitative estimate of drug-likeness (QED) is 0.589. The van der Waals surface area contributed by atoms with Gasteiger partial charge in [0, 0.05) is 36.1 Å². The van der Waals surface area contributed by atoms with Crippen LogP contribution in [0.15, 0.2) is 29.2 Å². The van der Waals surface area contributed by atoms with E-state index < -0.39 is 0 Å². The summed E-state index contributed by atoms with van der Waals surface area (Å²) < 4.78 is 5.34. The summed E-state index contributed by atoms with van der Waals surface area (Å²) in [6, 6.07) is 8.06. The molecule has 1 aliphatic heterocycles. The fourth-order valence-corrected chi connectivity index (χ4v) is 3.08. The van der Waals surface area contributed by atoms with Gasteiger partial charge in [0.1, 0.15) is 0 Å². The van der Waals surface area contributed by atoms with Gasteiger partial charge in [0.05, 0.1) is 13.2 Å². The summed E-state index contributed by atoms with van der Waals surface area (Å²) in [5.74, 6) is 1.15. The Kier molecular flexibility index (Phi) is 7.76. The van der Waals surface area contributed by atoms with Gasteiger partial charge in [-0.3, -0.25) is 4.90 Å². The minimum absolute atomic E-state index is 0.805. The van der Waals surface area contributed by atoms with Gasteiger partial charge in [0.25, 0.3) is 0 Å². The van der Waals surface area contributed by atoms with Gasteiger partial charge in [0.15, 0.2) is 0 Å². The molecule has 0 unspecified atom stereocenters. The highest BCUT2D eigenvalue weighted by Gasteiger charge is 2.08. The van der Waals surface area contributed by atoms with Crippen LogP contribution in [-0.4, -0.2) is 56.6 Å². The van der Waals surface area contributed by atoms with Gasteiger partial charge in [-0.15, -0.1) is 11.8 Å². The summed E-state index contributed by atoms with van der Waals surface area (Å²) in [7, 11) is 0. The van der Waals surface area contributed by atoms with Crippen molar-refractivity contribution < 1.29 is 4.74 Å². The molecule has 3 nitrogen and oxygen atoms in total. The topological polar surface area (TPSA) is 24.5 Å². The molecule has 0 radical (unpaired) electrons. The molecule has 1 aromatic carbocycles. The Hall–Kier alpha value is -0.260. The van der Waals surface area contributed by atoms with Crippen LogP contribution in [-0.2, 0) is 4.74 Å². The lowest BCUT2D eigenvalue weighted by Crippen LogP contribution is -2.40. The average molecular weight is 315 g/mol. The number of ether oxygens (including phenoxy) is 1. The molecule has 1 aromatic rings. The summed E-state index contributed by atoms with van der Waals surface area (Å²) in [4.78, 5) is 3.75. The predicted molar refractivity (Wildman–Crippen MR) is 86.9 cm³/mol. The van der Waals surface area contributed by atoms with Crippen LogP contribution in [0.2, 0.25) is 5.02 Å². The SMILES string of the molecule is Clc1ccc(SCCCNCCN2CCOCC2)cc1. The van der Waals surface area contributed by atoms with Gasteiger partial charge in [-0.1, -0.05) is 11.6 Å². The molecule has 2 rings (SSSR count). The fourth-order valence-electron chi connectivity index (χ4n) is 2.10. The maximum Gasteiger partial charge on any atom is 0.0594 e. The largest absolute Gasteiger partial charge is 0.379 e. The molecule has 0 saturated carbocycles. The molecule has 0 aromatic heterocycles. The van der Waals surface area contributed by atoms with Crippen LogP contribution in [0.3, 0.4) is 0 Å². The van der Waals surface area contributed by atoms with Crippen molar-refractivity contribution in [3.63, 3.8) is 0 Å². The Balaban J connectivity index is 1.44. The number of thioether (sulfide) groups is 1. The molecule has 1 aliphatic rings. The highest BCUT2D eigenvalue weighted by Crippen LogP contribution is 2.20. The van der Waals surface area contributed by atoms with E-state index in [4.69, 9.17) is 16.3 Å². The first-order chi connectivity index (χ1) is 9.84. The minimum atomic E-state index is 0.805. The Labute approximate surface area is 131 Å². The number of hydrogen-bond acceptors (Lipinski definition) is 4. The molecule has 0 bridgehead atoms. The van der Waals surface area contributed by atoms with Crippen LogP contribution in [0, 0.1) is 0 Å². The molecule has 1 N–H and O–H groups in total. The molecule has 0 atom stereocenters. The van der Waals surface area contributed by atoms with Crippen LogP contribution in [0.1, 0.15) is 6.42 Å². The monoisotopic (exact) mass is 314 g/mol. The average Bonchev–Trinajstić information content (AvgIpc) is 2.49. The highest BCUT2D eigenvalue weighted by molar-refractivity contribution is 7.99. The standard InChI is InChI=1S/C15H23ClN2OS/c16-14-2-4-15(5-3-14)20-13-1-6-17-7-8-18-9-11-19-12-10-18/h2-5,17H,1,6-13H2. The summed E-state index contributed by atoms with van der Waals surface area (Å²) in [6.45, 7) is 7.22. The molecular weight excluding hydrogens is 292 g/mol. The second-order valence-electron chi connectivity index (χ2n) is 4.86. The van der Waals surface area contributed by atoms with Gasteiger partial charge in [-0.05, 0) is 43.0 Å². The van der Waals surface area contributed by atoms with Crippen LogP contribution in [0.5, 0.6) is 0 Å². The van der Waals surface area contributed by atoms with Crippen molar-refractivity contribution in [2.24, 2.45) is 0 Å². The van der Waals surface area contributed by atoms with Crippen molar-refractivity contribution in [1.82, 2.24) is 10.2 Å². The molecule has 0 aliphatic carbocycles. The molecular formula is C15H23ClN2OS. The second-order valence-corrected chi connectivity index (χ2v) is 6.46. The molecule has 1 saturated heterocycles. The Morgan fingerprint density at radius 3 is 2.65 bits per heavy atom. The van der Waals surface area contributed by atoms with E-state index in [0.717, 1.165) is 56.7 Å². The molecule has 5 heteroatoms. The number of rotatable bonds is 8. The molecule has 0 amide bonds. The highest BCUT2D eigenvalue weighted by atomic mass is 35.5. The van der Waals surface area contributed by atoms with Gasteiger partial charge in [-0.2, -0.15) is 0 Å². The van der Waals surface area contributed by atoms with Gasteiger partial charge in [-0.25, -0.2) is 0 Å². The summed E-state index contributed by atoms with van der Waals surface area (Å²) >= 11 is 7.75. The van der Waals surface area contributed by atoms with Crippen LogP contribution < -0.4 is 5.32 Å². The predicted octanol–water partition coefficient (Wildman–Crippen LogP) is 2.74. The van der Waals surface area contributed by atoms with Crippen molar-refractivity contribution in [1.29, 1.82) is 0 Å². The van der Waals surface area contributed by atoms with E-state index in [1.807, 2.05) is 23.9 Å². The van der Waals surface area contributed by atoms with E-state index >= 15 is 0 Å². The zero-order valence-electron chi connectivity index (χ0n) is 11.8. The van der Waals surface area contributed by atoms with Crippen molar-refractivity contribution in [2.75, 3.05) is 51.7 Å². The number of halogens is 1.